The highest BCUT2D eigenvalue weighted by Gasteiger charge is 2.24. The monoisotopic (exact) mass is 428 g/mol. The molecule has 5 nitrogen and oxygen atoms in total. The van der Waals surface area contributed by atoms with Gasteiger partial charge in [0, 0.05) is 42.3 Å². The first kappa shape index (κ1) is 19.2. The van der Waals surface area contributed by atoms with Gasteiger partial charge in [-0.2, -0.15) is 0 Å². The standard InChI is InChI=1S/C21H21BrN2O3/c1-27-19-4-2-3-17(15-19)21(26)24-13-11-23(12-14-24)20(25)10-7-16-5-8-18(22)9-6-16/h2-10,15H,11-14H2,1H3/b10-7+. The number of halogens is 1. The Hall–Kier alpha value is -2.60. The highest BCUT2D eigenvalue weighted by atomic mass is 79.9. The van der Waals surface area contributed by atoms with Crippen molar-refractivity contribution in [3.8, 4) is 5.75 Å². The summed E-state index contributed by atoms with van der Waals surface area (Å²) in [7, 11) is 1.58. The van der Waals surface area contributed by atoms with Crippen molar-refractivity contribution in [3.63, 3.8) is 0 Å². The van der Waals surface area contributed by atoms with E-state index in [0.29, 0.717) is 37.5 Å². The molecule has 2 amide bonds. The highest BCUT2D eigenvalue weighted by Crippen LogP contribution is 2.16. The van der Waals surface area contributed by atoms with Crippen LogP contribution in [0.15, 0.2) is 59.1 Å². The average molecular weight is 429 g/mol. The molecule has 140 valence electrons. The van der Waals surface area contributed by atoms with Crippen LogP contribution < -0.4 is 4.74 Å². The summed E-state index contributed by atoms with van der Waals surface area (Å²) in [5.41, 5.74) is 1.57. The van der Waals surface area contributed by atoms with Gasteiger partial charge in [-0.3, -0.25) is 9.59 Å². The number of carbonyl (C=O) groups is 2. The largest absolute Gasteiger partial charge is 0.497 e. The Morgan fingerprint density at radius 2 is 1.67 bits per heavy atom. The molecule has 1 heterocycles. The molecule has 1 aliphatic rings. The lowest BCUT2D eigenvalue weighted by Gasteiger charge is -2.34. The highest BCUT2D eigenvalue weighted by molar-refractivity contribution is 9.10. The Balaban J connectivity index is 1.55. The number of carbonyl (C=O) groups excluding carboxylic acids is 2. The Morgan fingerprint density at radius 3 is 2.33 bits per heavy atom. The maximum absolute atomic E-state index is 12.6. The van der Waals surface area contributed by atoms with Crippen LogP contribution in [-0.4, -0.2) is 54.9 Å². The van der Waals surface area contributed by atoms with Crippen molar-refractivity contribution in [2.45, 2.75) is 0 Å². The van der Waals surface area contributed by atoms with Crippen LogP contribution in [0.2, 0.25) is 0 Å². The van der Waals surface area contributed by atoms with Gasteiger partial charge in [0.2, 0.25) is 5.91 Å². The fourth-order valence-corrected chi connectivity index (χ4v) is 3.18. The number of ether oxygens (including phenoxy) is 1. The summed E-state index contributed by atoms with van der Waals surface area (Å²) >= 11 is 3.39. The molecule has 1 fully saturated rings. The van der Waals surface area contributed by atoms with Gasteiger partial charge < -0.3 is 14.5 Å². The molecular formula is C21H21BrN2O3. The first-order valence-corrected chi connectivity index (χ1v) is 9.52. The fraction of sp³-hybridized carbons (Fsp3) is 0.238. The molecule has 0 saturated carbocycles. The fourth-order valence-electron chi connectivity index (χ4n) is 2.92. The molecule has 27 heavy (non-hydrogen) atoms. The normalized spacial score (nSPS) is 14.4. The third-order valence-corrected chi connectivity index (χ3v) is 5.01. The minimum atomic E-state index is -0.0357. The lowest BCUT2D eigenvalue weighted by Crippen LogP contribution is -2.50. The third kappa shape index (κ3) is 4.98. The summed E-state index contributed by atoms with van der Waals surface area (Å²) in [5.74, 6) is 0.588. The molecule has 3 rings (SSSR count). The van der Waals surface area contributed by atoms with E-state index in [2.05, 4.69) is 15.9 Å². The third-order valence-electron chi connectivity index (χ3n) is 4.48. The molecule has 6 heteroatoms. The topological polar surface area (TPSA) is 49.9 Å². The van der Waals surface area contributed by atoms with Crippen LogP contribution in [0.5, 0.6) is 5.75 Å². The lowest BCUT2D eigenvalue weighted by atomic mass is 10.1. The number of rotatable bonds is 4. The molecular weight excluding hydrogens is 408 g/mol. The van der Waals surface area contributed by atoms with Crippen LogP contribution in [0.3, 0.4) is 0 Å². The van der Waals surface area contributed by atoms with E-state index < -0.39 is 0 Å². The Bertz CT molecular complexity index is 841. The van der Waals surface area contributed by atoms with Crippen molar-refractivity contribution in [3.05, 3.63) is 70.2 Å². The zero-order valence-electron chi connectivity index (χ0n) is 15.1. The zero-order valence-corrected chi connectivity index (χ0v) is 16.7. The lowest BCUT2D eigenvalue weighted by molar-refractivity contribution is -0.127. The molecule has 1 saturated heterocycles. The van der Waals surface area contributed by atoms with Crippen LogP contribution in [0, 0.1) is 0 Å². The minimum absolute atomic E-state index is 0.0357. The van der Waals surface area contributed by atoms with E-state index >= 15 is 0 Å². The molecule has 0 unspecified atom stereocenters. The smallest absolute Gasteiger partial charge is 0.254 e. The van der Waals surface area contributed by atoms with Gasteiger partial charge in [-0.25, -0.2) is 0 Å². The number of piperazine rings is 1. The van der Waals surface area contributed by atoms with Crippen molar-refractivity contribution in [2.75, 3.05) is 33.3 Å². The molecule has 0 spiro atoms. The number of hydrogen-bond donors (Lipinski definition) is 0. The van der Waals surface area contributed by atoms with E-state index in [1.165, 1.54) is 0 Å². The van der Waals surface area contributed by atoms with Gasteiger partial charge in [-0.1, -0.05) is 34.1 Å². The summed E-state index contributed by atoms with van der Waals surface area (Å²) in [6, 6.07) is 14.9. The van der Waals surface area contributed by atoms with Gasteiger partial charge in [0.25, 0.3) is 5.91 Å². The van der Waals surface area contributed by atoms with Crippen LogP contribution in [0.25, 0.3) is 6.08 Å². The van der Waals surface area contributed by atoms with Gasteiger partial charge in [-0.05, 0) is 42.0 Å². The molecule has 0 aliphatic carbocycles. The van der Waals surface area contributed by atoms with Gasteiger partial charge in [0.15, 0.2) is 0 Å². The van der Waals surface area contributed by atoms with E-state index in [9.17, 15) is 9.59 Å². The van der Waals surface area contributed by atoms with Crippen LogP contribution in [0.4, 0.5) is 0 Å². The Kier molecular flexibility index (Phi) is 6.29. The van der Waals surface area contributed by atoms with Gasteiger partial charge >= 0.3 is 0 Å². The van der Waals surface area contributed by atoms with Crippen LogP contribution in [-0.2, 0) is 4.79 Å². The molecule has 0 bridgehead atoms. The molecule has 2 aromatic carbocycles. The minimum Gasteiger partial charge on any atom is -0.497 e. The first-order chi connectivity index (χ1) is 13.1. The summed E-state index contributed by atoms with van der Waals surface area (Å²) in [5, 5.41) is 0. The second-order valence-electron chi connectivity index (χ2n) is 6.23. The van der Waals surface area contributed by atoms with Gasteiger partial charge in [-0.15, -0.1) is 0 Å². The molecule has 0 N–H and O–H groups in total. The summed E-state index contributed by atoms with van der Waals surface area (Å²) in [6.07, 6.45) is 3.39. The molecule has 0 radical (unpaired) electrons. The predicted octanol–water partition coefficient (Wildman–Crippen LogP) is 3.46. The van der Waals surface area contributed by atoms with Crippen molar-refractivity contribution in [1.29, 1.82) is 0 Å². The molecule has 2 aromatic rings. The van der Waals surface area contributed by atoms with Crippen molar-refractivity contribution < 1.29 is 14.3 Å². The molecule has 1 aliphatic heterocycles. The van der Waals surface area contributed by atoms with Gasteiger partial charge in [0.05, 0.1) is 7.11 Å². The van der Waals surface area contributed by atoms with Crippen molar-refractivity contribution >= 4 is 33.8 Å². The quantitative estimate of drug-likeness (QED) is 0.700. The van der Waals surface area contributed by atoms with E-state index in [1.807, 2.05) is 36.4 Å². The predicted molar refractivity (Wildman–Crippen MR) is 109 cm³/mol. The maximum atomic E-state index is 12.6. The number of benzene rings is 2. The van der Waals surface area contributed by atoms with E-state index in [4.69, 9.17) is 4.74 Å². The van der Waals surface area contributed by atoms with Gasteiger partial charge in [0.1, 0.15) is 5.75 Å². The number of hydrogen-bond acceptors (Lipinski definition) is 3. The number of amides is 2. The summed E-state index contributed by atoms with van der Waals surface area (Å²) in [6.45, 7) is 2.10. The van der Waals surface area contributed by atoms with Crippen molar-refractivity contribution in [1.82, 2.24) is 9.80 Å². The first-order valence-electron chi connectivity index (χ1n) is 8.73. The average Bonchev–Trinajstić information content (AvgIpc) is 2.72. The molecule has 0 atom stereocenters. The summed E-state index contributed by atoms with van der Waals surface area (Å²) < 4.78 is 6.18. The zero-order chi connectivity index (χ0) is 19.2. The second-order valence-corrected chi connectivity index (χ2v) is 7.15. The Morgan fingerprint density at radius 1 is 1.00 bits per heavy atom. The number of methoxy groups -OCH3 is 1. The van der Waals surface area contributed by atoms with Crippen LogP contribution in [0.1, 0.15) is 15.9 Å². The van der Waals surface area contributed by atoms with E-state index in [0.717, 1.165) is 10.0 Å². The SMILES string of the molecule is COc1cccc(C(=O)N2CCN(C(=O)/C=C/c3ccc(Br)cc3)CC2)c1. The van der Waals surface area contributed by atoms with Crippen molar-refractivity contribution in [2.24, 2.45) is 0 Å². The van der Waals surface area contributed by atoms with E-state index in [-0.39, 0.29) is 11.8 Å². The maximum Gasteiger partial charge on any atom is 0.254 e. The second kappa shape index (κ2) is 8.86. The van der Waals surface area contributed by atoms with Crippen LogP contribution >= 0.6 is 15.9 Å². The summed E-state index contributed by atoms with van der Waals surface area (Å²) in [4.78, 5) is 28.6. The molecule has 0 aromatic heterocycles. The number of nitrogens with zero attached hydrogens (tertiary/aromatic N) is 2. The Labute approximate surface area is 167 Å². The van der Waals surface area contributed by atoms with E-state index in [1.54, 1.807) is 41.2 Å².